The van der Waals surface area contributed by atoms with Gasteiger partial charge in [0.15, 0.2) is 0 Å². The van der Waals surface area contributed by atoms with E-state index in [0.717, 1.165) is 16.7 Å². The number of aliphatic hydroxyl groups is 1. The minimum absolute atomic E-state index is 0.0773. The summed E-state index contributed by atoms with van der Waals surface area (Å²) in [7, 11) is 1.56. The molecule has 0 aromatic heterocycles. The topological polar surface area (TPSA) is 66.8 Å². The quantitative estimate of drug-likeness (QED) is 0.374. The molecule has 0 aliphatic carbocycles. The Morgan fingerprint density at radius 2 is 1.39 bits per heavy atom. The molecule has 5 heteroatoms. The summed E-state index contributed by atoms with van der Waals surface area (Å²) < 4.78 is 5.21. The molecule has 1 fully saturated rings. The lowest BCUT2D eigenvalue weighted by Crippen LogP contribution is -2.29. The third-order valence-electron chi connectivity index (χ3n) is 5.51. The molecule has 3 aromatic rings. The van der Waals surface area contributed by atoms with Crippen LogP contribution in [0.15, 0.2) is 78.4 Å². The van der Waals surface area contributed by atoms with Crippen LogP contribution in [0.3, 0.4) is 0 Å². The summed E-state index contributed by atoms with van der Waals surface area (Å²) in [4.78, 5) is 27.7. The first kappa shape index (κ1) is 20.4. The van der Waals surface area contributed by atoms with E-state index in [4.69, 9.17) is 4.74 Å². The lowest BCUT2D eigenvalue weighted by Gasteiger charge is -2.25. The lowest BCUT2D eigenvalue weighted by atomic mass is 9.94. The zero-order chi connectivity index (χ0) is 22.1. The summed E-state index contributed by atoms with van der Waals surface area (Å²) in [5.74, 6) is -0.921. The number of ether oxygens (including phenoxy) is 1. The number of amides is 1. The van der Waals surface area contributed by atoms with Gasteiger partial charge in [0.05, 0.1) is 18.7 Å². The van der Waals surface area contributed by atoms with Crippen molar-refractivity contribution in [2.45, 2.75) is 19.9 Å². The Bertz CT molecular complexity index is 1160. The number of hydrogen-bond acceptors (Lipinski definition) is 4. The number of nitrogens with zero attached hydrogens (tertiary/aromatic N) is 1. The van der Waals surface area contributed by atoms with Gasteiger partial charge < -0.3 is 9.84 Å². The van der Waals surface area contributed by atoms with Crippen molar-refractivity contribution in [1.82, 2.24) is 0 Å². The fourth-order valence-corrected chi connectivity index (χ4v) is 3.77. The zero-order valence-corrected chi connectivity index (χ0v) is 17.6. The molecule has 31 heavy (non-hydrogen) atoms. The normalized spacial score (nSPS) is 17.8. The molecule has 0 saturated carbocycles. The van der Waals surface area contributed by atoms with Crippen LogP contribution in [-0.2, 0) is 9.59 Å². The minimum Gasteiger partial charge on any atom is -0.507 e. The molecule has 1 aliphatic heterocycles. The van der Waals surface area contributed by atoms with Crippen molar-refractivity contribution in [3.63, 3.8) is 0 Å². The van der Waals surface area contributed by atoms with Gasteiger partial charge in [-0.15, -0.1) is 0 Å². The van der Waals surface area contributed by atoms with Gasteiger partial charge in [0.1, 0.15) is 11.5 Å². The van der Waals surface area contributed by atoms with Crippen LogP contribution in [0.1, 0.15) is 28.3 Å². The Morgan fingerprint density at radius 1 is 0.839 bits per heavy atom. The Hall–Kier alpha value is -3.86. The van der Waals surface area contributed by atoms with Crippen LogP contribution in [0.25, 0.3) is 5.76 Å². The van der Waals surface area contributed by atoms with Crippen LogP contribution < -0.4 is 9.64 Å². The molecule has 1 saturated heterocycles. The molecular formula is C26H23NO4. The van der Waals surface area contributed by atoms with Gasteiger partial charge in [0.25, 0.3) is 11.7 Å². The van der Waals surface area contributed by atoms with E-state index in [0.29, 0.717) is 17.0 Å². The Morgan fingerprint density at radius 3 is 1.94 bits per heavy atom. The zero-order valence-electron chi connectivity index (χ0n) is 17.6. The molecule has 4 rings (SSSR count). The maximum absolute atomic E-state index is 13.1. The van der Waals surface area contributed by atoms with E-state index >= 15 is 0 Å². The van der Waals surface area contributed by atoms with Gasteiger partial charge in [-0.1, -0.05) is 59.7 Å². The van der Waals surface area contributed by atoms with E-state index in [1.165, 1.54) is 4.90 Å². The van der Waals surface area contributed by atoms with E-state index in [2.05, 4.69) is 0 Å². The Kier molecular flexibility index (Phi) is 5.34. The van der Waals surface area contributed by atoms with Crippen LogP contribution in [0.2, 0.25) is 0 Å². The number of hydrogen-bond donors (Lipinski definition) is 1. The largest absolute Gasteiger partial charge is 0.507 e. The van der Waals surface area contributed by atoms with E-state index in [1.807, 2.05) is 50.2 Å². The predicted molar refractivity (Wildman–Crippen MR) is 120 cm³/mol. The number of anilines is 1. The predicted octanol–water partition coefficient (Wildman–Crippen LogP) is 4.94. The van der Waals surface area contributed by atoms with E-state index in [-0.39, 0.29) is 11.3 Å². The summed E-state index contributed by atoms with van der Waals surface area (Å²) in [6.07, 6.45) is 0. The summed E-state index contributed by atoms with van der Waals surface area (Å²) in [6.45, 7) is 3.91. The molecule has 1 heterocycles. The smallest absolute Gasteiger partial charge is 0.300 e. The van der Waals surface area contributed by atoms with Crippen molar-refractivity contribution in [2.75, 3.05) is 12.0 Å². The first-order valence-electron chi connectivity index (χ1n) is 9.99. The maximum Gasteiger partial charge on any atom is 0.300 e. The number of rotatable bonds is 4. The number of aryl methyl sites for hydroxylation is 2. The molecule has 1 N–H and O–H groups in total. The molecule has 0 radical (unpaired) electrons. The number of ketones is 1. The molecular weight excluding hydrogens is 390 g/mol. The Balaban J connectivity index is 1.91. The third kappa shape index (κ3) is 3.70. The molecule has 0 spiro atoms. The standard InChI is InChI=1S/C26H23NO4/c1-16-4-8-18(9-5-16)23-22(24(28)19-10-6-17(2)7-11-19)25(29)26(30)27(23)20-12-14-21(31-3)15-13-20/h4-15,23,28H,1-3H3/b24-22+. The van der Waals surface area contributed by atoms with Gasteiger partial charge in [-0.05, 0) is 43.7 Å². The van der Waals surface area contributed by atoms with Crippen molar-refractivity contribution >= 4 is 23.1 Å². The summed E-state index contributed by atoms with van der Waals surface area (Å²) >= 11 is 0. The van der Waals surface area contributed by atoms with Gasteiger partial charge in [0.2, 0.25) is 0 Å². The van der Waals surface area contributed by atoms with Crippen molar-refractivity contribution in [3.8, 4) is 5.75 Å². The highest BCUT2D eigenvalue weighted by molar-refractivity contribution is 6.51. The molecule has 1 unspecified atom stereocenters. The van der Waals surface area contributed by atoms with Gasteiger partial charge in [-0.2, -0.15) is 0 Å². The van der Waals surface area contributed by atoms with Crippen molar-refractivity contribution < 1.29 is 19.4 Å². The number of Topliss-reactive ketones (excluding diaryl/α,β-unsaturated/α-hetero) is 1. The second-order valence-corrected chi connectivity index (χ2v) is 7.64. The summed E-state index contributed by atoms with van der Waals surface area (Å²) in [6, 6.07) is 21.0. The maximum atomic E-state index is 13.1. The van der Waals surface area contributed by atoms with E-state index in [1.54, 1.807) is 43.5 Å². The first-order valence-corrected chi connectivity index (χ1v) is 9.99. The van der Waals surface area contributed by atoms with Crippen LogP contribution in [0.5, 0.6) is 5.75 Å². The van der Waals surface area contributed by atoms with Gasteiger partial charge in [-0.25, -0.2) is 0 Å². The number of carbonyl (C=O) groups is 2. The highest BCUT2D eigenvalue weighted by Crippen LogP contribution is 2.42. The van der Waals surface area contributed by atoms with E-state index in [9.17, 15) is 14.7 Å². The lowest BCUT2D eigenvalue weighted by molar-refractivity contribution is -0.132. The van der Waals surface area contributed by atoms with Crippen molar-refractivity contribution in [1.29, 1.82) is 0 Å². The van der Waals surface area contributed by atoms with Crippen molar-refractivity contribution in [2.24, 2.45) is 0 Å². The van der Waals surface area contributed by atoms with Crippen LogP contribution in [0.4, 0.5) is 5.69 Å². The molecule has 5 nitrogen and oxygen atoms in total. The average molecular weight is 413 g/mol. The van der Waals surface area contributed by atoms with Crippen LogP contribution in [-0.4, -0.2) is 23.9 Å². The molecule has 0 bridgehead atoms. The number of carbonyl (C=O) groups excluding carboxylic acids is 2. The molecule has 3 aromatic carbocycles. The highest BCUT2D eigenvalue weighted by atomic mass is 16.5. The number of benzene rings is 3. The third-order valence-corrected chi connectivity index (χ3v) is 5.51. The summed E-state index contributed by atoms with van der Waals surface area (Å²) in [5.41, 5.74) is 3.96. The second kappa shape index (κ2) is 8.11. The number of aliphatic hydroxyl groups excluding tert-OH is 1. The van der Waals surface area contributed by atoms with E-state index < -0.39 is 17.7 Å². The highest BCUT2D eigenvalue weighted by Gasteiger charge is 2.46. The molecule has 156 valence electrons. The fourth-order valence-electron chi connectivity index (χ4n) is 3.77. The van der Waals surface area contributed by atoms with Crippen LogP contribution in [0, 0.1) is 13.8 Å². The SMILES string of the molecule is COc1ccc(N2C(=O)C(=O)/C(=C(/O)c3ccc(C)cc3)C2c2ccc(C)cc2)cc1. The average Bonchev–Trinajstić information content (AvgIpc) is 3.05. The second-order valence-electron chi connectivity index (χ2n) is 7.64. The Labute approximate surface area is 181 Å². The van der Waals surface area contributed by atoms with Gasteiger partial charge >= 0.3 is 0 Å². The molecule has 1 atom stereocenters. The molecule has 1 aliphatic rings. The number of methoxy groups -OCH3 is 1. The molecule has 1 amide bonds. The summed E-state index contributed by atoms with van der Waals surface area (Å²) in [5, 5.41) is 11.1. The fraction of sp³-hybridized carbons (Fsp3) is 0.154. The minimum atomic E-state index is -0.740. The monoisotopic (exact) mass is 413 g/mol. The van der Waals surface area contributed by atoms with Crippen LogP contribution >= 0.6 is 0 Å². The van der Waals surface area contributed by atoms with Gasteiger partial charge in [-0.3, -0.25) is 14.5 Å². The van der Waals surface area contributed by atoms with Crippen molar-refractivity contribution in [3.05, 3.63) is 101 Å². The first-order chi connectivity index (χ1) is 14.9. The van der Waals surface area contributed by atoms with Gasteiger partial charge in [0, 0.05) is 11.3 Å².